The molecule has 1 aromatic carbocycles. The summed E-state index contributed by atoms with van der Waals surface area (Å²) in [5, 5.41) is 0. The molecule has 2 aliphatic carbocycles. The number of fused-ring (bicyclic) bond motifs is 2. The number of benzene rings is 1. The monoisotopic (exact) mass is 328 g/mol. The third kappa shape index (κ3) is 3.42. The fraction of sp³-hybridized carbons (Fsp3) is 0.550. The minimum absolute atomic E-state index is 0.0186. The largest absolute Gasteiger partial charge is 0.457 e. The highest BCUT2D eigenvalue weighted by Gasteiger charge is 2.41. The van der Waals surface area contributed by atoms with Gasteiger partial charge in [0, 0.05) is 17.4 Å². The van der Waals surface area contributed by atoms with Crippen molar-refractivity contribution in [1.29, 1.82) is 0 Å². The van der Waals surface area contributed by atoms with Crippen LogP contribution in [0.15, 0.2) is 18.2 Å². The standard InChI is InChI=1S/C20H24O4/c1-12-6-7-17(13(2)8-12)18(21)11-24-20(23)16-9-14-4-3-5-15(10-16)19(14)22/h6-8,14-16H,3-5,9-11H2,1-2H3. The molecular weight excluding hydrogens is 304 g/mol. The van der Waals surface area contributed by atoms with Crippen molar-refractivity contribution in [1.82, 2.24) is 0 Å². The van der Waals surface area contributed by atoms with Crippen LogP contribution >= 0.6 is 0 Å². The van der Waals surface area contributed by atoms with Gasteiger partial charge in [0.25, 0.3) is 0 Å². The van der Waals surface area contributed by atoms with Crippen LogP contribution in [0.4, 0.5) is 0 Å². The molecule has 2 fully saturated rings. The SMILES string of the molecule is Cc1ccc(C(=O)COC(=O)C2CC3CCCC(C2)C3=O)c(C)c1. The first-order valence-corrected chi connectivity index (χ1v) is 8.76. The Morgan fingerprint density at radius 1 is 1.12 bits per heavy atom. The van der Waals surface area contributed by atoms with Crippen molar-refractivity contribution in [2.24, 2.45) is 17.8 Å². The number of Topliss-reactive ketones (excluding diaryl/α,β-unsaturated/α-hetero) is 2. The lowest BCUT2D eigenvalue weighted by atomic mass is 9.67. The average Bonchev–Trinajstić information content (AvgIpc) is 2.52. The molecule has 24 heavy (non-hydrogen) atoms. The Morgan fingerprint density at radius 3 is 2.42 bits per heavy atom. The van der Waals surface area contributed by atoms with Crippen molar-refractivity contribution in [3.63, 3.8) is 0 Å². The highest BCUT2D eigenvalue weighted by Crippen LogP contribution is 2.40. The second-order valence-electron chi connectivity index (χ2n) is 7.24. The highest BCUT2D eigenvalue weighted by atomic mass is 16.5. The summed E-state index contributed by atoms with van der Waals surface area (Å²) in [6.07, 6.45) is 4.03. The quantitative estimate of drug-likeness (QED) is 0.627. The van der Waals surface area contributed by atoms with E-state index in [0.29, 0.717) is 24.2 Å². The molecule has 2 saturated carbocycles. The number of hydrogen-bond acceptors (Lipinski definition) is 4. The number of ketones is 2. The lowest BCUT2D eigenvalue weighted by molar-refractivity contribution is -0.152. The van der Waals surface area contributed by atoms with E-state index in [4.69, 9.17) is 4.74 Å². The van der Waals surface area contributed by atoms with E-state index in [0.717, 1.165) is 30.4 Å². The number of hydrogen-bond donors (Lipinski definition) is 0. The molecule has 1 aromatic rings. The average molecular weight is 328 g/mol. The smallest absolute Gasteiger partial charge is 0.309 e. The second kappa shape index (κ2) is 6.88. The first-order chi connectivity index (χ1) is 11.5. The zero-order chi connectivity index (χ0) is 17.3. The molecule has 128 valence electrons. The van der Waals surface area contributed by atoms with E-state index >= 15 is 0 Å². The fourth-order valence-electron chi connectivity index (χ4n) is 4.13. The first kappa shape index (κ1) is 16.9. The van der Waals surface area contributed by atoms with E-state index < -0.39 is 0 Å². The Kier molecular flexibility index (Phi) is 4.83. The Labute approximate surface area is 142 Å². The summed E-state index contributed by atoms with van der Waals surface area (Å²) in [6, 6.07) is 5.61. The molecule has 4 nitrogen and oxygen atoms in total. The summed E-state index contributed by atoms with van der Waals surface area (Å²) in [6.45, 7) is 3.64. The van der Waals surface area contributed by atoms with Crippen molar-refractivity contribution in [2.75, 3.05) is 6.61 Å². The summed E-state index contributed by atoms with van der Waals surface area (Å²) in [5.41, 5.74) is 2.59. The van der Waals surface area contributed by atoms with Crippen molar-refractivity contribution in [3.05, 3.63) is 34.9 Å². The topological polar surface area (TPSA) is 60.4 Å². The third-order valence-electron chi connectivity index (χ3n) is 5.41. The molecule has 0 N–H and O–H groups in total. The molecule has 2 atom stereocenters. The van der Waals surface area contributed by atoms with E-state index in [-0.39, 0.29) is 36.1 Å². The molecule has 0 heterocycles. The molecule has 4 heteroatoms. The summed E-state index contributed by atoms with van der Waals surface area (Å²) < 4.78 is 5.28. The zero-order valence-corrected chi connectivity index (χ0v) is 14.3. The third-order valence-corrected chi connectivity index (χ3v) is 5.41. The molecule has 0 radical (unpaired) electrons. The second-order valence-corrected chi connectivity index (χ2v) is 7.24. The lowest BCUT2D eigenvalue weighted by Crippen LogP contribution is -2.39. The van der Waals surface area contributed by atoms with Gasteiger partial charge in [0.2, 0.25) is 5.78 Å². The summed E-state index contributed by atoms with van der Waals surface area (Å²) in [5.74, 6) is -0.359. The van der Waals surface area contributed by atoms with Gasteiger partial charge in [-0.25, -0.2) is 0 Å². The molecule has 2 bridgehead atoms. The van der Waals surface area contributed by atoms with Crippen LogP contribution in [-0.2, 0) is 14.3 Å². The molecule has 2 aliphatic rings. The molecule has 0 aromatic heterocycles. The van der Waals surface area contributed by atoms with E-state index in [1.807, 2.05) is 26.0 Å². The number of aryl methyl sites for hydroxylation is 2. The number of esters is 1. The summed E-state index contributed by atoms with van der Waals surface area (Å²) in [7, 11) is 0. The van der Waals surface area contributed by atoms with Crippen molar-refractivity contribution < 1.29 is 19.1 Å². The maximum Gasteiger partial charge on any atom is 0.309 e. The number of rotatable bonds is 4. The van der Waals surface area contributed by atoms with Crippen LogP contribution in [0.1, 0.15) is 53.6 Å². The lowest BCUT2D eigenvalue weighted by Gasteiger charge is -2.36. The number of ether oxygens (including phenoxy) is 1. The van der Waals surface area contributed by atoms with Gasteiger partial charge < -0.3 is 4.74 Å². The van der Waals surface area contributed by atoms with E-state index in [9.17, 15) is 14.4 Å². The predicted octanol–water partition coefficient (Wildman–Crippen LogP) is 3.42. The fourth-order valence-corrected chi connectivity index (χ4v) is 4.13. The van der Waals surface area contributed by atoms with Gasteiger partial charge in [-0.2, -0.15) is 0 Å². The van der Waals surface area contributed by atoms with Gasteiger partial charge in [0.15, 0.2) is 6.61 Å². The van der Waals surface area contributed by atoms with Crippen LogP contribution < -0.4 is 0 Å². The van der Waals surface area contributed by atoms with Gasteiger partial charge in [-0.1, -0.05) is 30.2 Å². The molecular formula is C20H24O4. The minimum Gasteiger partial charge on any atom is -0.457 e. The molecule has 0 spiro atoms. The number of carbonyl (C=O) groups excluding carboxylic acids is 3. The van der Waals surface area contributed by atoms with Gasteiger partial charge in [0.05, 0.1) is 5.92 Å². The van der Waals surface area contributed by atoms with Gasteiger partial charge in [-0.15, -0.1) is 0 Å². The van der Waals surface area contributed by atoms with Crippen LogP contribution in [0.25, 0.3) is 0 Å². The van der Waals surface area contributed by atoms with Crippen LogP contribution in [0.3, 0.4) is 0 Å². The highest BCUT2D eigenvalue weighted by molar-refractivity contribution is 5.99. The van der Waals surface area contributed by atoms with Crippen LogP contribution in [-0.4, -0.2) is 24.1 Å². The van der Waals surface area contributed by atoms with Gasteiger partial charge in [-0.3, -0.25) is 14.4 Å². The molecule has 2 unspecified atom stereocenters. The molecule has 3 rings (SSSR count). The Hall–Kier alpha value is -1.97. The van der Waals surface area contributed by atoms with Crippen LogP contribution in [0.2, 0.25) is 0 Å². The van der Waals surface area contributed by atoms with Gasteiger partial charge >= 0.3 is 5.97 Å². The molecule has 0 saturated heterocycles. The summed E-state index contributed by atoms with van der Waals surface area (Å²) >= 11 is 0. The number of carbonyl (C=O) groups is 3. The van der Waals surface area contributed by atoms with Gasteiger partial charge in [0.1, 0.15) is 5.78 Å². The van der Waals surface area contributed by atoms with Crippen molar-refractivity contribution in [3.8, 4) is 0 Å². The van der Waals surface area contributed by atoms with Crippen molar-refractivity contribution in [2.45, 2.75) is 46.0 Å². The van der Waals surface area contributed by atoms with E-state index in [2.05, 4.69) is 0 Å². The van der Waals surface area contributed by atoms with Crippen LogP contribution in [0, 0.1) is 31.6 Å². The molecule has 0 aliphatic heterocycles. The maximum atomic E-state index is 12.3. The summed E-state index contributed by atoms with van der Waals surface area (Å²) in [4.78, 5) is 36.7. The van der Waals surface area contributed by atoms with Crippen molar-refractivity contribution >= 4 is 17.5 Å². The predicted molar refractivity (Wildman–Crippen MR) is 89.8 cm³/mol. The Morgan fingerprint density at radius 2 is 1.79 bits per heavy atom. The maximum absolute atomic E-state index is 12.3. The minimum atomic E-state index is -0.322. The molecule has 0 amide bonds. The zero-order valence-electron chi connectivity index (χ0n) is 14.3. The van der Waals surface area contributed by atoms with Crippen LogP contribution in [0.5, 0.6) is 0 Å². The normalized spacial score (nSPS) is 26.1. The van der Waals surface area contributed by atoms with E-state index in [1.54, 1.807) is 6.07 Å². The Balaban J connectivity index is 1.57. The first-order valence-electron chi connectivity index (χ1n) is 8.76. The Bertz CT molecular complexity index is 660. The van der Waals surface area contributed by atoms with Gasteiger partial charge in [-0.05, 0) is 45.1 Å². The van der Waals surface area contributed by atoms with E-state index in [1.165, 1.54) is 0 Å².